The minimum Gasteiger partial charge on any atom is -0.356 e. The van der Waals surface area contributed by atoms with Gasteiger partial charge < -0.3 is 15.5 Å². The molecule has 11 heteroatoms. The fraction of sp³-hybridized carbons (Fsp3) is 0.200. The normalized spacial score (nSPS) is 12.4. The molecule has 3 N–H and O–H groups in total. The van der Waals surface area contributed by atoms with E-state index in [2.05, 4.69) is 43.6 Å². The van der Waals surface area contributed by atoms with Crippen LogP contribution < -0.4 is 10.6 Å². The summed E-state index contributed by atoms with van der Waals surface area (Å²) in [7, 11) is 1.73. The van der Waals surface area contributed by atoms with Gasteiger partial charge in [0, 0.05) is 48.7 Å². The first-order chi connectivity index (χ1) is 17.5. The lowest BCUT2D eigenvalue weighted by atomic mass is 10.1. The van der Waals surface area contributed by atoms with Gasteiger partial charge >= 0.3 is 0 Å². The van der Waals surface area contributed by atoms with E-state index < -0.39 is 0 Å². The lowest BCUT2D eigenvalue weighted by Gasteiger charge is -2.15. The van der Waals surface area contributed by atoms with E-state index in [0.29, 0.717) is 28.5 Å². The predicted octanol–water partition coefficient (Wildman–Crippen LogP) is 3.08. The number of nitrogens with zero attached hydrogens (tertiary/aromatic N) is 6. The predicted molar refractivity (Wildman–Crippen MR) is 135 cm³/mol. The van der Waals surface area contributed by atoms with Crippen molar-refractivity contribution in [3.05, 3.63) is 72.7 Å². The number of carbonyl (C=O) groups excluding carboxylic acids is 2. The van der Waals surface area contributed by atoms with E-state index in [9.17, 15) is 14.9 Å². The molecule has 5 rings (SSSR count). The zero-order chi connectivity index (χ0) is 25.5. The van der Waals surface area contributed by atoms with Crippen LogP contribution >= 0.6 is 0 Å². The molecule has 0 aliphatic carbocycles. The average Bonchev–Trinajstić information content (AvgIpc) is 3.69. The van der Waals surface area contributed by atoms with Gasteiger partial charge in [-0.1, -0.05) is 6.58 Å². The van der Waals surface area contributed by atoms with Crippen LogP contribution in [0.4, 0.5) is 11.6 Å². The Morgan fingerprint density at radius 2 is 1.92 bits per heavy atom. The van der Waals surface area contributed by atoms with Crippen LogP contribution in [0.15, 0.2) is 61.4 Å². The molecular weight excluding hydrogens is 458 g/mol. The molecule has 1 fully saturated rings. The quantitative estimate of drug-likeness (QED) is 0.370. The van der Waals surface area contributed by atoms with E-state index in [-0.39, 0.29) is 11.8 Å². The number of aromatic amines is 1. The van der Waals surface area contributed by atoms with Crippen molar-refractivity contribution in [1.82, 2.24) is 29.7 Å². The number of pyridine rings is 1. The molecular formula is C25H25N9O2. The van der Waals surface area contributed by atoms with E-state index in [4.69, 9.17) is 0 Å². The number of hydrogen-bond donors (Lipinski definition) is 3. The number of amides is 2. The molecule has 0 unspecified atom stereocenters. The van der Waals surface area contributed by atoms with Gasteiger partial charge in [-0.25, -0.2) is 4.52 Å². The fourth-order valence-electron chi connectivity index (χ4n) is 3.78. The topological polar surface area (TPSA) is 144 Å². The third-order valence-corrected chi connectivity index (χ3v) is 5.61. The van der Waals surface area contributed by atoms with Gasteiger partial charge in [0.2, 0.25) is 11.9 Å². The molecule has 1 saturated heterocycles. The SMILES string of the molecule is C=CC(=O)Nc1ccc(C(=O)N2CCCC2)cc1.CNc1nc2ccc(-c3cn[nH]c3)c(C#N)n2n1. The van der Waals surface area contributed by atoms with Crippen LogP contribution in [-0.4, -0.2) is 61.6 Å². The first kappa shape index (κ1) is 24.2. The van der Waals surface area contributed by atoms with Crippen molar-refractivity contribution < 1.29 is 9.59 Å². The summed E-state index contributed by atoms with van der Waals surface area (Å²) in [6.07, 6.45) is 6.78. The Labute approximate surface area is 207 Å². The van der Waals surface area contributed by atoms with Crippen molar-refractivity contribution in [2.45, 2.75) is 12.8 Å². The molecule has 1 aromatic carbocycles. The van der Waals surface area contributed by atoms with Crippen molar-refractivity contribution in [3.63, 3.8) is 0 Å². The first-order valence-corrected chi connectivity index (χ1v) is 11.3. The molecule has 0 radical (unpaired) electrons. The summed E-state index contributed by atoms with van der Waals surface area (Å²) in [6.45, 7) is 5.06. The summed E-state index contributed by atoms with van der Waals surface area (Å²) >= 11 is 0. The summed E-state index contributed by atoms with van der Waals surface area (Å²) < 4.78 is 1.52. The molecule has 2 amide bonds. The number of likely N-dealkylation sites (tertiary alicyclic amines) is 1. The lowest BCUT2D eigenvalue weighted by Crippen LogP contribution is -2.27. The molecule has 4 heterocycles. The largest absolute Gasteiger partial charge is 0.356 e. The Bertz CT molecular complexity index is 1410. The maximum atomic E-state index is 12.1. The van der Waals surface area contributed by atoms with Gasteiger partial charge in [-0.15, -0.1) is 5.10 Å². The Balaban J connectivity index is 0.000000169. The second kappa shape index (κ2) is 11.0. The second-order valence-corrected chi connectivity index (χ2v) is 7.92. The molecule has 182 valence electrons. The minimum absolute atomic E-state index is 0.0640. The molecule has 0 atom stereocenters. The Kier molecular flexibility index (Phi) is 7.36. The van der Waals surface area contributed by atoms with Gasteiger partial charge in [0.05, 0.1) is 6.20 Å². The highest BCUT2D eigenvalue weighted by Gasteiger charge is 2.19. The van der Waals surface area contributed by atoms with Crippen LogP contribution in [0.1, 0.15) is 28.9 Å². The number of anilines is 2. The smallest absolute Gasteiger partial charge is 0.253 e. The number of nitrogens with one attached hydrogen (secondary N) is 3. The molecule has 11 nitrogen and oxygen atoms in total. The van der Waals surface area contributed by atoms with E-state index >= 15 is 0 Å². The zero-order valence-corrected chi connectivity index (χ0v) is 19.7. The summed E-state index contributed by atoms with van der Waals surface area (Å²) in [6, 6.07) is 12.7. The maximum Gasteiger partial charge on any atom is 0.253 e. The van der Waals surface area contributed by atoms with Gasteiger partial charge in [-0.05, 0) is 55.3 Å². The molecule has 1 aliphatic heterocycles. The Hall–Kier alpha value is -4.98. The highest BCUT2D eigenvalue weighted by Crippen LogP contribution is 2.23. The third kappa shape index (κ3) is 5.23. The minimum atomic E-state index is -0.256. The first-order valence-electron chi connectivity index (χ1n) is 11.3. The van der Waals surface area contributed by atoms with Gasteiger partial charge in [0.25, 0.3) is 5.91 Å². The summed E-state index contributed by atoms with van der Waals surface area (Å²) in [5.41, 5.74) is 4.00. The standard InChI is InChI=1S/C14H16N2O2.C11H9N7/c1-2-13(17)15-12-7-5-11(6-8-12)14(18)16-9-3-4-10-16;1-13-11-16-10-3-2-8(7-5-14-15-6-7)9(4-12)18(10)17-11/h2,5-8H,1,3-4,9-10H2,(H,15,17);2-3,5-6H,1H3,(H,13,17)(H,14,15). The molecule has 0 saturated carbocycles. The second-order valence-electron chi connectivity index (χ2n) is 7.92. The van der Waals surface area contributed by atoms with Crippen LogP contribution in [0.5, 0.6) is 0 Å². The van der Waals surface area contributed by atoms with E-state index in [1.807, 2.05) is 17.0 Å². The monoisotopic (exact) mass is 483 g/mol. The van der Waals surface area contributed by atoms with Gasteiger partial charge in [0.15, 0.2) is 11.3 Å². The number of fused-ring (bicyclic) bond motifs is 1. The number of rotatable bonds is 5. The molecule has 0 spiro atoms. The Morgan fingerprint density at radius 3 is 2.53 bits per heavy atom. The van der Waals surface area contributed by atoms with E-state index in [0.717, 1.165) is 37.1 Å². The third-order valence-electron chi connectivity index (χ3n) is 5.61. The molecule has 1 aliphatic rings. The van der Waals surface area contributed by atoms with Crippen LogP contribution in [0.2, 0.25) is 0 Å². The average molecular weight is 484 g/mol. The van der Waals surface area contributed by atoms with Crippen LogP contribution in [0.25, 0.3) is 16.8 Å². The van der Waals surface area contributed by atoms with Crippen molar-refractivity contribution in [2.24, 2.45) is 0 Å². The molecule has 0 bridgehead atoms. The maximum absolute atomic E-state index is 12.1. The molecule has 36 heavy (non-hydrogen) atoms. The van der Waals surface area contributed by atoms with Gasteiger partial charge in [0.1, 0.15) is 6.07 Å². The number of H-pyrrole nitrogens is 1. The fourth-order valence-corrected chi connectivity index (χ4v) is 3.78. The van der Waals surface area contributed by atoms with Crippen molar-refractivity contribution in [1.29, 1.82) is 5.26 Å². The summed E-state index contributed by atoms with van der Waals surface area (Å²) in [4.78, 5) is 29.3. The summed E-state index contributed by atoms with van der Waals surface area (Å²) in [5, 5.41) is 25.6. The molecule has 4 aromatic rings. The molecule has 3 aromatic heterocycles. The zero-order valence-electron chi connectivity index (χ0n) is 19.7. The number of carbonyl (C=O) groups is 2. The van der Waals surface area contributed by atoms with Crippen LogP contribution in [-0.2, 0) is 4.79 Å². The highest BCUT2D eigenvalue weighted by molar-refractivity contribution is 5.99. The van der Waals surface area contributed by atoms with Gasteiger partial charge in [-0.2, -0.15) is 15.3 Å². The summed E-state index contributed by atoms with van der Waals surface area (Å²) in [5.74, 6) is 0.290. The van der Waals surface area contributed by atoms with Crippen LogP contribution in [0, 0.1) is 11.3 Å². The van der Waals surface area contributed by atoms with Crippen molar-refractivity contribution in [2.75, 3.05) is 30.8 Å². The van der Waals surface area contributed by atoms with Crippen molar-refractivity contribution in [3.8, 4) is 17.2 Å². The number of aromatic nitrogens is 5. The van der Waals surface area contributed by atoms with Crippen molar-refractivity contribution >= 4 is 29.1 Å². The number of benzene rings is 1. The van der Waals surface area contributed by atoms with Crippen LogP contribution in [0.3, 0.4) is 0 Å². The lowest BCUT2D eigenvalue weighted by molar-refractivity contribution is -0.111. The Morgan fingerprint density at radius 1 is 1.17 bits per heavy atom. The van der Waals surface area contributed by atoms with E-state index in [1.165, 1.54) is 10.6 Å². The van der Waals surface area contributed by atoms with Gasteiger partial charge in [-0.3, -0.25) is 14.7 Å². The van der Waals surface area contributed by atoms with E-state index in [1.54, 1.807) is 43.7 Å². The highest BCUT2D eigenvalue weighted by atomic mass is 16.2. The number of nitriles is 1. The number of hydrogen-bond acceptors (Lipinski definition) is 7.